The molecular weight excluding hydrogens is 261 g/mol. The van der Waals surface area contributed by atoms with Crippen LogP contribution in [-0.2, 0) is 9.47 Å². The number of carbonyl (C=O) groups excluding carboxylic acids is 2. The topological polar surface area (TPSA) is 89.0 Å². The highest BCUT2D eigenvalue weighted by Crippen LogP contribution is 2.07. The van der Waals surface area contributed by atoms with E-state index in [-0.39, 0.29) is 5.96 Å². The molecule has 0 unspecified atom stereocenters. The first-order chi connectivity index (χ1) is 8.93. The quantitative estimate of drug-likeness (QED) is 0.438. The first-order valence-corrected chi connectivity index (χ1v) is 6.28. The summed E-state index contributed by atoms with van der Waals surface area (Å²) in [6, 6.07) is 0. The number of carbonyl (C=O) groups is 2. The molecular formula is C12H23BN3O4. The minimum absolute atomic E-state index is 0.0593. The van der Waals surface area contributed by atoms with E-state index in [1.54, 1.807) is 48.4 Å². The molecule has 2 amide bonds. The number of nitrogens with zero attached hydrogens (tertiary/aromatic N) is 1. The second-order valence-corrected chi connectivity index (χ2v) is 5.99. The van der Waals surface area contributed by atoms with Crippen LogP contribution in [0.2, 0.25) is 6.82 Å². The van der Waals surface area contributed by atoms with Gasteiger partial charge in [-0.1, -0.05) is 6.82 Å². The Hall–Kier alpha value is -1.73. The second kappa shape index (κ2) is 7.16. The number of hydrogen-bond acceptors (Lipinski definition) is 5. The average molecular weight is 284 g/mol. The lowest BCUT2D eigenvalue weighted by Crippen LogP contribution is -2.47. The van der Waals surface area contributed by atoms with Crippen molar-refractivity contribution in [1.29, 1.82) is 0 Å². The molecule has 0 aromatic rings. The minimum atomic E-state index is -0.714. The van der Waals surface area contributed by atoms with Crippen LogP contribution < -0.4 is 10.6 Å². The highest BCUT2D eigenvalue weighted by molar-refractivity contribution is 6.34. The van der Waals surface area contributed by atoms with Crippen LogP contribution >= 0.6 is 0 Å². The normalized spacial score (nSPS) is 11.2. The fourth-order valence-corrected chi connectivity index (χ4v) is 1.03. The smallest absolute Gasteiger partial charge is 0.414 e. The molecule has 0 aliphatic carbocycles. The number of amides is 2. The van der Waals surface area contributed by atoms with Gasteiger partial charge >= 0.3 is 12.2 Å². The van der Waals surface area contributed by atoms with Crippen molar-refractivity contribution in [1.82, 2.24) is 10.6 Å². The van der Waals surface area contributed by atoms with E-state index in [9.17, 15) is 9.59 Å². The second-order valence-electron chi connectivity index (χ2n) is 5.99. The Morgan fingerprint density at radius 3 is 1.50 bits per heavy atom. The lowest BCUT2D eigenvalue weighted by molar-refractivity contribution is 0.0545. The van der Waals surface area contributed by atoms with Gasteiger partial charge in [0.25, 0.3) is 7.41 Å². The Labute approximate surface area is 120 Å². The van der Waals surface area contributed by atoms with Gasteiger partial charge in [0.2, 0.25) is 0 Å². The molecule has 0 rings (SSSR count). The molecule has 1 radical (unpaired) electrons. The number of alkyl carbamates (subject to hydrolysis) is 2. The molecule has 0 spiro atoms. The first kappa shape index (κ1) is 18.3. The molecule has 2 N–H and O–H groups in total. The highest BCUT2D eigenvalue weighted by Gasteiger charge is 2.20. The average Bonchev–Trinajstić information content (AvgIpc) is 2.10. The molecule has 0 saturated carbocycles. The van der Waals surface area contributed by atoms with E-state index in [1.165, 1.54) is 7.41 Å². The number of ether oxygens (including phenoxy) is 2. The molecule has 0 atom stereocenters. The lowest BCUT2D eigenvalue weighted by atomic mass is 10.0. The minimum Gasteiger partial charge on any atom is -0.444 e. The molecule has 0 bridgehead atoms. The van der Waals surface area contributed by atoms with Gasteiger partial charge in [0, 0.05) is 0 Å². The number of guanidine groups is 1. The first-order valence-electron chi connectivity index (χ1n) is 6.28. The van der Waals surface area contributed by atoms with Gasteiger partial charge < -0.3 is 14.4 Å². The van der Waals surface area contributed by atoms with Crippen molar-refractivity contribution in [3.63, 3.8) is 0 Å². The summed E-state index contributed by atoms with van der Waals surface area (Å²) in [6.45, 7) is 12.0. The number of hydrogen-bond donors (Lipinski definition) is 2. The van der Waals surface area contributed by atoms with Gasteiger partial charge in [-0.2, -0.15) is 0 Å². The Bertz CT molecular complexity index is 351. The predicted molar refractivity (Wildman–Crippen MR) is 77.8 cm³/mol. The Kier molecular flexibility index (Phi) is 6.54. The molecule has 0 heterocycles. The number of nitrogens with one attached hydrogen (secondary N) is 2. The molecule has 0 aliphatic rings. The fourth-order valence-electron chi connectivity index (χ4n) is 1.03. The van der Waals surface area contributed by atoms with Crippen molar-refractivity contribution in [3.05, 3.63) is 0 Å². The zero-order valence-electron chi connectivity index (χ0n) is 13.2. The molecule has 20 heavy (non-hydrogen) atoms. The third kappa shape index (κ3) is 10.2. The van der Waals surface area contributed by atoms with Gasteiger partial charge in [0.05, 0.1) is 0 Å². The largest absolute Gasteiger partial charge is 0.444 e. The summed E-state index contributed by atoms with van der Waals surface area (Å²) in [5, 5.41) is 4.67. The summed E-state index contributed by atoms with van der Waals surface area (Å²) in [5.74, 6) is -0.0593. The Morgan fingerprint density at radius 2 is 1.25 bits per heavy atom. The van der Waals surface area contributed by atoms with Gasteiger partial charge in [-0.25, -0.2) is 9.59 Å². The van der Waals surface area contributed by atoms with Crippen molar-refractivity contribution in [2.45, 2.75) is 59.6 Å². The van der Waals surface area contributed by atoms with E-state index < -0.39 is 23.4 Å². The Morgan fingerprint density at radius 1 is 0.900 bits per heavy atom. The van der Waals surface area contributed by atoms with Crippen LogP contribution in [0.1, 0.15) is 41.5 Å². The number of rotatable bonds is 1. The van der Waals surface area contributed by atoms with Gasteiger partial charge in [-0.15, -0.1) is 0 Å². The van der Waals surface area contributed by atoms with Crippen LogP contribution in [0.15, 0.2) is 4.90 Å². The molecule has 0 fully saturated rings. The van der Waals surface area contributed by atoms with Gasteiger partial charge in [0.1, 0.15) is 11.2 Å². The van der Waals surface area contributed by atoms with Crippen molar-refractivity contribution >= 4 is 25.6 Å². The van der Waals surface area contributed by atoms with Crippen LogP contribution in [0, 0.1) is 0 Å². The molecule has 0 aromatic carbocycles. The van der Waals surface area contributed by atoms with E-state index in [0.29, 0.717) is 0 Å². The van der Waals surface area contributed by atoms with E-state index in [1.807, 2.05) is 0 Å². The summed E-state index contributed by atoms with van der Waals surface area (Å²) in [5.41, 5.74) is -1.28. The van der Waals surface area contributed by atoms with E-state index >= 15 is 0 Å². The van der Waals surface area contributed by atoms with E-state index in [4.69, 9.17) is 9.47 Å². The SMILES string of the molecule is C[B]N=C(NC(=O)OC(C)(C)C)NC(=O)OC(C)(C)C. The standard InChI is InChI=1S/C12H23BN3O4/c1-11(2,3)19-9(17)14-8(16-13-7)15-10(18)20-12(4,5)6/h1-7H3,(H2,14,15,16,17,18). The maximum atomic E-state index is 11.6. The van der Waals surface area contributed by atoms with Gasteiger partial charge in [-0.05, 0) is 41.5 Å². The highest BCUT2D eigenvalue weighted by atomic mass is 16.6. The van der Waals surface area contributed by atoms with Crippen LogP contribution in [0.25, 0.3) is 0 Å². The van der Waals surface area contributed by atoms with Crippen LogP contribution in [0.4, 0.5) is 9.59 Å². The molecule has 7 nitrogen and oxygen atoms in total. The van der Waals surface area contributed by atoms with Gasteiger partial charge in [0.15, 0.2) is 5.96 Å². The summed E-state index contributed by atoms with van der Waals surface area (Å²) in [6.07, 6.45) is -1.43. The Balaban J connectivity index is 4.57. The molecule has 0 aliphatic heterocycles. The monoisotopic (exact) mass is 284 g/mol. The molecule has 0 aromatic heterocycles. The van der Waals surface area contributed by atoms with Gasteiger partial charge in [-0.3, -0.25) is 10.6 Å². The summed E-state index contributed by atoms with van der Waals surface area (Å²) >= 11 is 0. The van der Waals surface area contributed by atoms with Crippen LogP contribution in [-0.4, -0.2) is 36.8 Å². The lowest BCUT2D eigenvalue weighted by Gasteiger charge is -2.22. The zero-order chi connectivity index (χ0) is 16.0. The van der Waals surface area contributed by atoms with Crippen LogP contribution in [0.5, 0.6) is 0 Å². The van der Waals surface area contributed by atoms with Crippen molar-refractivity contribution in [3.8, 4) is 0 Å². The van der Waals surface area contributed by atoms with Crippen molar-refractivity contribution in [2.24, 2.45) is 4.90 Å². The fraction of sp³-hybridized carbons (Fsp3) is 0.750. The van der Waals surface area contributed by atoms with Crippen LogP contribution in [0.3, 0.4) is 0 Å². The van der Waals surface area contributed by atoms with E-state index in [0.717, 1.165) is 0 Å². The molecule has 0 saturated heterocycles. The summed E-state index contributed by atoms with van der Waals surface area (Å²) in [4.78, 5) is 27.0. The third-order valence-electron chi connectivity index (χ3n) is 1.50. The maximum Gasteiger partial charge on any atom is 0.414 e. The summed E-state index contributed by atoms with van der Waals surface area (Å²) in [7, 11) is 1.42. The third-order valence-corrected chi connectivity index (χ3v) is 1.50. The predicted octanol–water partition coefficient (Wildman–Crippen LogP) is 2.06. The van der Waals surface area contributed by atoms with E-state index in [2.05, 4.69) is 15.5 Å². The summed E-state index contributed by atoms with van der Waals surface area (Å²) < 4.78 is 10.1. The van der Waals surface area contributed by atoms with Crippen molar-refractivity contribution in [2.75, 3.05) is 0 Å². The molecule has 113 valence electrons. The maximum absolute atomic E-state index is 11.6. The molecule has 8 heteroatoms. The van der Waals surface area contributed by atoms with Crippen molar-refractivity contribution < 1.29 is 19.1 Å². The zero-order valence-corrected chi connectivity index (χ0v) is 13.2.